The lowest BCUT2D eigenvalue weighted by atomic mass is 10.1. The Balaban J connectivity index is 1.75. The van der Waals surface area contributed by atoms with Gasteiger partial charge in [0.2, 0.25) is 0 Å². The number of thiophene rings is 1. The summed E-state index contributed by atoms with van der Waals surface area (Å²) in [4.78, 5) is 1.19. The maximum absolute atomic E-state index is 6.47. The summed E-state index contributed by atoms with van der Waals surface area (Å²) >= 11 is 11.7. The second-order valence-corrected chi connectivity index (χ2v) is 7.42. The van der Waals surface area contributed by atoms with Gasteiger partial charge < -0.3 is 5.32 Å². The summed E-state index contributed by atoms with van der Waals surface area (Å²) in [5.41, 5.74) is 1.27. The quantitative estimate of drug-likeness (QED) is 0.571. The van der Waals surface area contributed by atoms with Crippen LogP contribution in [-0.2, 0) is 6.54 Å². The molecule has 0 bridgehead atoms. The van der Waals surface area contributed by atoms with Gasteiger partial charge >= 0.3 is 0 Å². The van der Waals surface area contributed by atoms with Crippen molar-refractivity contribution in [2.75, 3.05) is 0 Å². The summed E-state index contributed by atoms with van der Waals surface area (Å²) in [5.74, 6) is 0. The van der Waals surface area contributed by atoms with Crippen LogP contribution in [0.1, 0.15) is 23.4 Å². The Labute approximate surface area is 142 Å². The summed E-state index contributed by atoms with van der Waals surface area (Å²) in [7, 11) is 0. The zero-order valence-corrected chi connectivity index (χ0v) is 14.7. The van der Waals surface area contributed by atoms with Gasteiger partial charge in [0.05, 0.1) is 5.02 Å². The number of hydrogen-bond donors (Lipinski definition) is 1. The fourth-order valence-electron chi connectivity index (χ4n) is 2.32. The Hall–Kier alpha value is -0.870. The molecule has 1 atom stereocenters. The normalized spacial score (nSPS) is 12.7. The molecule has 1 heterocycles. The number of benzene rings is 2. The fourth-order valence-corrected chi connectivity index (χ4v) is 4.19. The molecule has 0 radical (unpaired) electrons. The van der Waals surface area contributed by atoms with Crippen molar-refractivity contribution >= 4 is 49.0 Å². The first-order valence-corrected chi connectivity index (χ1v) is 8.78. The second-order valence-electron chi connectivity index (χ2n) is 4.99. The number of nitrogens with one attached hydrogen (secondary N) is 1. The summed E-state index contributed by atoms with van der Waals surface area (Å²) in [5, 5.41) is 5.58. The van der Waals surface area contributed by atoms with Gasteiger partial charge in [0.1, 0.15) is 0 Å². The van der Waals surface area contributed by atoms with Gasteiger partial charge in [-0.1, -0.05) is 57.9 Å². The molecule has 0 unspecified atom stereocenters. The van der Waals surface area contributed by atoms with Gasteiger partial charge in [-0.3, -0.25) is 0 Å². The van der Waals surface area contributed by atoms with Crippen LogP contribution < -0.4 is 5.32 Å². The molecular weight excluding hydrogens is 366 g/mol. The van der Waals surface area contributed by atoms with Crippen LogP contribution in [0, 0.1) is 0 Å². The Morgan fingerprint density at radius 3 is 2.76 bits per heavy atom. The molecule has 21 heavy (non-hydrogen) atoms. The van der Waals surface area contributed by atoms with Crippen LogP contribution in [0.4, 0.5) is 0 Å². The molecular formula is C17H15BrClNS. The first-order valence-electron chi connectivity index (χ1n) is 6.80. The number of halogens is 2. The van der Waals surface area contributed by atoms with Crippen molar-refractivity contribution in [3.8, 4) is 0 Å². The molecule has 1 N–H and O–H groups in total. The lowest BCUT2D eigenvalue weighted by molar-refractivity contribution is 0.579. The summed E-state index contributed by atoms with van der Waals surface area (Å²) in [6.45, 7) is 2.95. The summed E-state index contributed by atoms with van der Waals surface area (Å²) in [6, 6.07) is 16.9. The Morgan fingerprint density at radius 1 is 1.19 bits per heavy atom. The van der Waals surface area contributed by atoms with E-state index in [1.165, 1.54) is 15.1 Å². The van der Waals surface area contributed by atoms with Crippen molar-refractivity contribution in [1.29, 1.82) is 0 Å². The number of fused-ring (bicyclic) bond motifs is 1. The molecule has 0 aliphatic rings. The maximum Gasteiger partial charge on any atom is 0.0636 e. The van der Waals surface area contributed by atoms with Crippen molar-refractivity contribution in [3.63, 3.8) is 0 Å². The van der Waals surface area contributed by atoms with E-state index < -0.39 is 0 Å². The summed E-state index contributed by atoms with van der Waals surface area (Å²) in [6.07, 6.45) is 0. The Bertz CT molecular complexity index is 768. The van der Waals surface area contributed by atoms with Gasteiger partial charge in [0.15, 0.2) is 0 Å². The first kappa shape index (κ1) is 15.0. The van der Waals surface area contributed by atoms with Crippen LogP contribution in [-0.4, -0.2) is 0 Å². The van der Waals surface area contributed by atoms with E-state index in [1.807, 2.05) is 12.1 Å². The predicted molar refractivity (Wildman–Crippen MR) is 96.2 cm³/mol. The summed E-state index contributed by atoms with van der Waals surface area (Å²) < 4.78 is 2.35. The van der Waals surface area contributed by atoms with Gasteiger partial charge in [-0.25, -0.2) is 0 Å². The first-order chi connectivity index (χ1) is 10.1. The van der Waals surface area contributed by atoms with E-state index in [2.05, 4.69) is 64.6 Å². The maximum atomic E-state index is 6.47. The molecule has 108 valence electrons. The van der Waals surface area contributed by atoms with Crippen molar-refractivity contribution in [2.24, 2.45) is 0 Å². The van der Waals surface area contributed by atoms with Crippen LogP contribution in [0.15, 0.2) is 53.0 Å². The zero-order chi connectivity index (χ0) is 14.8. The SMILES string of the molecule is C[C@H](NCc1sc2ccccc2c1Cl)c1cccc(Br)c1. The monoisotopic (exact) mass is 379 g/mol. The van der Waals surface area contributed by atoms with E-state index in [1.54, 1.807) is 11.3 Å². The fraction of sp³-hybridized carbons (Fsp3) is 0.176. The molecule has 0 spiro atoms. The zero-order valence-electron chi connectivity index (χ0n) is 11.6. The smallest absolute Gasteiger partial charge is 0.0636 e. The molecule has 2 aromatic carbocycles. The molecule has 0 saturated heterocycles. The number of hydrogen-bond acceptors (Lipinski definition) is 2. The second kappa shape index (κ2) is 6.49. The van der Waals surface area contributed by atoms with E-state index >= 15 is 0 Å². The van der Waals surface area contributed by atoms with Crippen LogP contribution in [0.3, 0.4) is 0 Å². The largest absolute Gasteiger partial charge is 0.305 e. The Morgan fingerprint density at radius 2 is 2.00 bits per heavy atom. The molecule has 0 aliphatic heterocycles. The molecule has 1 aromatic heterocycles. The van der Waals surface area contributed by atoms with Crippen LogP contribution in [0.25, 0.3) is 10.1 Å². The Kier molecular flexibility index (Phi) is 4.65. The average Bonchev–Trinajstić information content (AvgIpc) is 2.82. The van der Waals surface area contributed by atoms with Crippen molar-refractivity contribution in [1.82, 2.24) is 5.32 Å². The highest BCUT2D eigenvalue weighted by Crippen LogP contribution is 2.35. The van der Waals surface area contributed by atoms with E-state index in [4.69, 9.17) is 11.6 Å². The van der Waals surface area contributed by atoms with Crippen LogP contribution in [0.5, 0.6) is 0 Å². The highest BCUT2D eigenvalue weighted by molar-refractivity contribution is 9.10. The van der Waals surface area contributed by atoms with E-state index in [9.17, 15) is 0 Å². The van der Waals surface area contributed by atoms with E-state index in [0.717, 1.165) is 21.4 Å². The molecule has 3 rings (SSSR count). The topological polar surface area (TPSA) is 12.0 Å². The van der Waals surface area contributed by atoms with Gasteiger partial charge in [-0.2, -0.15) is 0 Å². The third-order valence-electron chi connectivity index (χ3n) is 3.52. The average molecular weight is 381 g/mol. The van der Waals surface area contributed by atoms with E-state index in [-0.39, 0.29) is 6.04 Å². The minimum atomic E-state index is 0.281. The molecule has 1 nitrogen and oxygen atoms in total. The predicted octanol–water partition coefficient (Wildman–Crippen LogP) is 6.17. The molecule has 0 saturated carbocycles. The van der Waals surface area contributed by atoms with Crippen molar-refractivity contribution in [2.45, 2.75) is 19.5 Å². The molecule has 0 fully saturated rings. The third kappa shape index (κ3) is 3.32. The van der Waals surface area contributed by atoms with Gasteiger partial charge in [-0.05, 0) is 30.7 Å². The van der Waals surface area contributed by atoms with Gasteiger partial charge in [0.25, 0.3) is 0 Å². The molecule has 0 aliphatic carbocycles. The van der Waals surface area contributed by atoms with Gasteiger partial charge in [-0.15, -0.1) is 11.3 Å². The molecule has 0 amide bonds. The minimum absolute atomic E-state index is 0.281. The third-order valence-corrected chi connectivity index (χ3v) is 5.73. The lowest BCUT2D eigenvalue weighted by Gasteiger charge is -2.14. The van der Waals surface area contributed by atoms with Crippen LogP contribution >= 0.6 is 38.9 Å². The van der Waals surface area contributed by atoms with Gasteiger partial charge in [0, 0.05) is 32.0 Å². The highest BCUT2D eigenvalue weighted by atomic mass is 79.9. The van der Waals surface area contributed by atoms with Crippen molar-refractivity contribution in [3.05, 3.63) is 68.5 Å². The lowest BCUT2D eigenvalue weighted by Crippen LogP contribution is -2.17. The minimum Gasteiger partial charge on any atom is -0.305 e. The molecule has 3 aromatic rings. The van der Waals surface area contributed by atoms with E-state index in [0.29, 0.717) is 0 Å². The van der Waals surface area contributed by atoms with Crippen molar-refractivity contribution < 1.29 is 0 Å². The number of rotatable bonds is 4. The molecule has 4 heteroatoms. The highest BCUT2D eigenvalue weighted by Gasteiger charge is 2.11. The van der Waals surface area contributed by atoms with Crippen LogP contribution in [0.2, 0.25) is 5.02 Å². The standard InChI is InChI=1S/C17H15BrClNS/c1-11(12-5-4-6-13(18)9-12)20-10-16-17(19)14-7-2-3-8-15(14)21-16/h2-9,11,20H,10H2,1H3/t11-/m0/s1.